The lowest BCUT2D eigenvalue weighted by molar-refractivity contribution is 0.0743. The summed E-state index contributed by atoms with van der Waals surface area (Å²) < 4.78 is 4.04. The molecule has 6 rings (SSSR count). The standard InChI is InChI=1S/C24H20N6OS/c1-16-6-4-7-17(12-16)30-23(28-9-2-3-10-28)18-14-29(15-21(18)27-30)24(31)20-13-19(25-26-20)22-8-5-11-32-22/h2-13H,14-15H2,1H3,(H,25,26). The molecule has 5 aromatic rings. The molecule has 0 aliphatic carbocycles. The molecule has 5 heterocycles. The Bertz CT molecular complexity index is 1410. The zero-order valence-electron chi connectivity index (χ0n) is 17.4. The van der Waals surface area contributed by atoms with E-state index in [1.807, 2.05) is 58.9 Å². The van der Waals surface area contributed by atoms with Gasteiger partial charge in [0.05, 0.1) is 35.0 Å². The zero-order chi connectivity index (χ0) is 21.7. The van der Waals surface area contributed by atoms with E-state index in [0.717, 1.165) is 33.3 Å². The van der Waals surface area contributed by atoms with Gasteiger partial charge in [-0.1, -0.05) is 18.2 Å². The van der Waals surface area contributed by atoms with E-state index >= 15 is 0 Å². The van der Waals surface area contributed by atoms with Gasteiger partial charge in [-0.25, -0.2) is 4.68 Å². The van der Waals surface area contributed by atoms with Gasteiger partial charge >= 0.3 is 0 Å². The number of nitrogens with one attached hydrogen (secondary N) is 1. The lowest BCUT2D eigenvalue weighted by Gasteiger charge is -2.16. The molecule has 0 fully saturated rings. The Balaban J connectivity index is 1.34. The van der Waals surface area contributed by atoms with Gasteiger partial charge in [-0.2, -0.15) is 10.2 Å². The molecule has 158 valence electrons. The van der Waals surface area contributed by atoms with Gasteiger partial charge in [0, 0.05) is 18.0 Å². The Kier molecular flexibility index (Phi) is 4.32. The first-order valence-electron chi connectivity index (χ1n) is 10.4. The Morgan fingerprint density at radius 1 is 1.06 bits per heavy atom. The summed E-state index contributed by atoms with van der Waals surface area (Å²) in [6.07, 6.45) is 4.02. The number of aromatic nitrogens is 5. The van der Waals surface area contributed by atoms with Crippen molar-refractivity contribution in [3.63, 3.8) is 0 Å². The summed E-state index contributed by atoms with van der Waals surface area (Å²) in [6, 6.07) is 18.1. The topological polar surface area (TPSA) is 71.7 Å². The second-order valence-electron chi connectivity index (χ2n) is 7.90. The average Bonchev–Trinajstić information content (AvgIpc) is 3.60. The van der Waals surface area contributed by atoms with E-state index in [1.165, 1.54) is 5.56 Å². The maximum absolute atomic E-state index is 13.2. The molecule has 7 nitrogen and oxygen atoms in total. The Labute approximate surface area is 188 Å². The summed E-state index contributed by atoms with van der Waals surface area (Å²) in [5.74, 6) is 0.870. The number of amides is 1. The maximum Gasteiger partial charge on any atom is 0.275 e. The third-order valence-electron chi connectivity index (χ3n) is 5.70. The van der Waals surface area contributed by atoms with E-state index in [4.69, 9.17) is 5.10 Å². The number of fused-ring (bicyclic) bond motifs is 1. The van der Waals surface area contributed by atoms with E-state index in [-0.39, 0.29) is 5.91 Å². The van der Waals surface area contributed by atoms with Crippen molar-refractivity contribution in [1.29, 1.82) is 0 Å². The minimum absolute atomic E-state index is 0.0948. The van der Waals surface area contributed by atoms with E-state index in [9.17, 15) is 4.79 Å². The summed E-state index contributed by atoms with van der Waals surface area (Å²) in [5, 5.41) is 14.2. The number of carbonyl (C=O) groups excluding carboxylic acids is 1. The lowest BCUT2D eigenvalue weighted by atomic mass is 10.2. The van der Waals surface area contributed by atoms with Crippen molar-refractivity contribution in [2.75, 3.05) is 0 Å². The molecule has 0 radical (unpaired) electrons. The first-order valence-corrected chi connectivity index (χ1v) is 11.2. The first-order chi connectivity index (χ1) is 15.7. The van der Waals surface area contributed by atoms with Crippen LogP contribution in [0.15, 0.2) is 72.4 Å². The number of thiophene rings is 1. The third kappa shape index (κ3) is 3.07. The third-order valence-corrected chi connectivity index (χ3v) is 6.60. The fourth-order valence-electron chi connectivity index (χ4n) is 4.18. The SMILES string of the molecule is Cc1cccc(-n2nc3c(c2-n2cccc2)CN(C(=O)c2cc(-c4cccs4)[nH]n2)C3)c1. The van der Waals surface area contributed by atoms with Crippen molar-refractivity contribution in [1.82, 2.24) is 29.4 Å². The highest BCUT2D eigenvalue weighted by molar-refractivity contribution is 7.13. The molecule has 1 aromatic carbocycles. The summed E-state index contributed by atoms with van der Waals surface area (Å²) in [5.41, 5.74) is 5.44. The number of hydrogen-bond donors (Lipinski definition) is 1. The zero-order valence-corrected chi connectivity index (χ0v) is 18.2. The Hall–Kier alpha value is -3.91. The number of benzene rings is 1. The molecule has 1 aliphatic heterocycles. The molecule has 0 saturated carbocycles. The minimum Gasteiger partial charge on any atom is -0.327 e. The monoisotopic (exact) mass is 440 g/mol. The molecule has 1 aliphatic rings. The van der Waals surface area contributed by atoms with Gasteiger partial charge in [0.25, 0.3) is 5.91 Å². The highest BCUT2D eigenvalue weighted by atomic mass is 32.1. The number of carbonyl (C=O) groups is 1. The van der Waals surface area contributed by atoms with Crippen LogP contribution >= 0.6 is 11.3 Å². The molecule has 0 saturated heterocycles. The highest BCUT2D eigenvalue weighted by Gasteiger charge is 2.32. The average molecular weight is 441 g/mol. The lowest BCUT2D eigenvalue weighted by Crippen LogP contribution is -2.26. The largest absolute Gasteiger partial charge is 0.327 e. The first kappa shape index (κ1) is 18.8. The van der Waals surface area contributed by atoms with E-state index < -0.39 is 0 Å². The second-order valence-corrected chi connectivity index (χ2v) is 8.84. The molecule has 32 heavy (non-hydrogen) atoms. The summed E-state index contributed by atoms with van der Waals surface area (Å²) in [6.45, 7) is 3.03. The normalized spacial score (nSPS) is 13.0. The number of hydrogen-bond acceptors (Lipinski definition) is 4. The molecular weight excluding hydrogens is 420 g/mol. The molecular formula is C24H20N6OS. The van der Waals surface area contributed by atoms with Crippen molar-refractivity contribution in [2.45, 2.75) is 20.0 Å². The van der Waals surface area contributed by atoms with Gasteiger partial charge in [-0.15, -0.1) is 11.3 Å². The molecule has 1 N–H and O–H groups in total. The van der Waals surface area contributed by atoms with Crippen molar-refractivity contribution in [2.24, 2.45) is 0 Å². The van der Waals surface area contributed by atoms with Gasteiger partial charge < -0.3 is 9.47 Å². The number of aryl methyl sites for hydroxylation is 1. The number of H-pyrrole nitrogens is 1. The van der Waals surface area contributed by atoms with Crippen LogP contribution in [-0.2, 0) is 13.1 Å². The van der Waals surface area contributed by atoms with Crippen LogP contribution in [0.4, 0.5) is 0 Å². The molecule has 8 heteroatoms. The van der Waals surface area contributed by atoms with Crippen LogP contribution in [0.5, 0.6) is 0 Å². The van der Waals surface area contributed by atoms with Crippen molar-refractivity contribution in [3.05, 3.63) is 94.9 Å². The van der Waals surface area contributed by atoms with Gasteiger partial charge in [0.15, 0.2) is 5.69 Å². The van der Waals surface area contributed by atoms with E-state index in [0.29, 0.717) is 18.8 Å². The van der Waals surface area contributed by atoms with Crippen LogP contribution in [0.3, 0.4) is 0 Å². The molecule has 4 aromatic heterocycles. The van der Waals surface area contributed by atoms with E-state index in [1.54, 1.807) is 16.2 Å². The molecule has 0 bridgehead atoms. The highest BCUT2D eigenvalue weighted by Crippen LogP contribution is 2.32. The van der Waals surface area contributed by atoms with Crippen molar-refractivity contribution in [3.8, 4) is 22.1 Å². The maximum atomic E-state index is 13.2. The molecule has 0 spiro atoms. The fraction of sp³-hybridized carbons (Fsp3) is 0.125. The van der Waals surface area contributed by atoms with Crippen molar-refractivity contribution < 1.29 is 4.79 Å². The molecule has 1 amide bonds. The number of nitrogens with zero attached hydrogens (tertiary/aromatic N) is 5. The summed E-state index contributed by atoms with van der Waals surface area (Å²) >= 11 is 1.61. The quantitative estimate of drug-likeness (QED) is 0.445. The number of rotatable bonds is 4. The van der Waals surface area contributed by atoms with Crippen molar-refractivity contribution >= 4 is 17.2 Å². The predicted molar refractivity (Wildman–Crippen MR) is 123 cm³/mol. The van der Waals surface area contributed by atoms with Crippen LogP contribution in [0, 0.1) is 6.92 Å². The van der Waals surface area contributed by atoms with Gasteiger partial charge in [-0.05, 0) is 54.3 Å². The van der Waals surface area contributed by atoms with Gasteiger partial charge in [0.2, 0.25) is 0 Å². The summed E-state index contributed by atoms with van der Waals surface area (Å²) in [7, 11) is 0. The summed E-state index contributed by atoms with van der Waals surface area (Å²) in [4.78, 5) is 16.1. The fourth-order valence-corrected chi connectivity index (χ4v) is 4.87. The number of aromatic amines is 1. The Morgan fingerprint density at radius 2 is 1.94 bits per heavy atom. The van der Waals surface area contributed by atoms with Crippen LogP contribution in [0.25, 0.3) is 22.1 Å². The van der Waals surface area contributed by atoms with Gasteiger partial charge in [0.1, 0.15) is 5.82 Å². The Morgan fingerprint density at radius 3 is 2.72 bits per heavy atom. The van der Waals surface area contributed by atoms with Crippen LogP contribution in [-0.4, -0.2) is 35.4 Å². The van der Waals surface area contributed by atoms with Gasteiger partial charge in [-0.3, -0.25) is 9.89 Å². The second kappa shape index (κ2) is 7.35. The molecule has 0 atom stereocenters. The minimum atomic E-state index is -0.0948. The van der Waals surface area contributed by atoms with Crippen LogP contribution in [0.2, 0.25) is 0 Å². The predicted octanol–water partition coefficient (Wildman–Crippen LogP) is 4.58. The van der Waals surface area contributed by atoms with E-state index in [2.05, 4.69) is 39.9 Å². The smallest absolute Gasteiger partial charge is 0.275 e. The molecule has 0 unspecified atom stereocenters. The van der Waals surface area contributed by atoms with Crippen LogP contribution in [0.1, 0.15) is 27.3 Å². The van der Waals surface area contributed by atoms with Crippen LogP contribution < -0.4 is 0 Å².